The molecule has 0 radical (unpaired) electrons. The third-order valence-electron chi connectivity index (χ3n) is 3.77. The molecule has 2 aromatic rings. The van der Waals surface area contributed by atoms with Gasteiger partial charge in [0.05, 0.1) is 0 Å². The number of nitrogens with zero attached hydrogens (tertiary/aromatic N) is 4. The van der Waals surface area contributed by atoms with Gasteiger partial charge in [-0.2, -0.15) is 5.10 Å². The molecule has 0 fully saturated rings. The summed E-state index contributed by atoms with van der Waals surface area (Å²) in [4.78, 5) is 51.3. The number of amides is 1. The average Bonchev–Trinajstić information content (AvgIpc) is 2.56. The highest BCUT2D eigenvalue weighted by atomic mass is 16.2. The number of aromatic amines is 1. The molecular formula is C15H20N6O4. The van der Waals surface area contributed by atoms with E-state index < -0.39 is 17.2 Å². The Morgan fingerprint density at radius 1 is 1.32 bits per heavy atom. The molecule has 0 atom stereocenters. The number of unbranched alkanes of at least 4 members (excludes halogenated alkanes) is 1. The minimum atomic E-state index is -0.768. The summed E-state index contributed by atoms with van der Waals surface area (Å²) in [7, 11) is 2.76. The number of aryl methyl sites for hydroxylation is 1. The topological polar surface area (TPSA) is 136 Å². The molecule has 2 rings (SSSR count). The Bertz CT molecular complexity index is 971. The summed E-state index contributed by atoms with van der Waals surface area (Å²) < 4.78 is 2.23. The fourth-order valence-electron chi connectivity index (χ4n) is 2.33. The van der Waals surface area contributed by atoms with Gasteiger partial charge in [-0.05, 0) is 12.5 Å². The van der Waals surface area contributed by atoms with Gasteiger partial charge in [-0.3, -0.25) is 23.9 Å². The van der Waals surface area contributed by atoms with Crippen LogP contribution >= 0.6 is 0 Å². The van der Waals surface area contributed by atoms with Crippen molar-refractivity contribution in [2.45, 2.75) is 26.3 Å². The number of nitrogen functional groups attached to an aromatic ring is 1. The molecule has 0 aliphatic carbocycles. The molecule has 10 nitrogen and oxygen atoms in total. The van der Waals surface area contributed by atoms with E-state index in [0.717, 1.165) is 16.0 Å². The van der Waals surface area contributed by atoms with E-state index in [2.05, 4.69) is 10.1 Å². The van der Waals surface area contributed by atoms with Crippen LogP contribution in [0.25, 0.3) is 0 Å². The highest BCUT2D eigenvalue weighted by Gasteiger charge is 2.23. The molecule has 0 bridgehead atoms. The van der Waals surface area contributed by atoms with E-state index in [0.29, 0.717) is 13.0 Å². The fourth-order valence-corrected chi connectivity index (χ4v) is 2.33. The maximum atomic E-state index is 12.6. The van der Waals surface area contributed by atoms with Crippen molar-refractivity contribution in [1.82, 2.24) is 19.3 Å². The van der Waals surface area contributed by atoms with Crippen molar-refractivity contribution in [3.63, 3.8) is 0 Å². The number of anilines is 2. The van der Waals surface area contributed by atoms with Crippen LogP contribution in [0, 0.1) is 0 Å². The van der Waals surface area contributed by atoms with Gasteiger partial charge in [0.15, 0.2) is 5.69 Å². The molecule has 0 spiro atoms. The first-order chi connectivity index (χ1) is 11.8. The molecular weight excluding hydrogens is 328 g/mol. The van der Waals surface area contributed by atoms with Gasteiger partial charge in [0.25, 0.3) is 17.0 Å². The van der Waals surface area contributed by atoms with Gasteiger partial charge in [0.1, 0.15) is 11.5 Å². The van der Waals surface area contributed by atoms with Crippen LogP contribution < -0.4 is 27.4 Å². The summed E-state index contributed by atoms with van der Waals surface area (Å²) in [6, 6.07) is 2.46. The van der Waals surface area contributed by atoms with Crippen LogP contribution in [0.1, 0.15) is 30.3 Å². The summed E-state index contributed by atoms with van der Waals surface area (Å²) >= 11 is 0. The highest BCUT2D eigenvalue weighted by Crippen LogP contribution is 2.17. The van der Waals surface area contributed by atoms with Gasteiger partial charge in [-0.25, -0.2) is 9.48 Å². The van der Waals surface area contributed by atoms with Crippen molar-refractivity contribution < 1.29 is 4.79 Å². The molecule has 0 aromatic carbocycles. The van der Waals surface area contributed by atoms with E-state index in [-0.39, 0.29) is 22.8 Å². The number of nitrogens with two attached hydrogens (primary N) is 1. The lowest BCUT2D eigenvalue weighted by Gasteiger charge is -2.20. The van der Waals surface area contributed by atoms with Gasteiger partial charge in [0, 0.05) is 26.7 Å². The number of carbonyl (C=O) groups excluding carboxylic acids is 1. The largest absolute Gasteiger partial charge is 0.383 e. The molecule has 134 valence electrons. The standard InChI is InChI=1S/C15H20N6O4/c1-4-5-8-21-12(16)11(13(23)17-15(21)25)19(2)14(24)9-6-7-10(22)20(3)18-9/h6-7H,4-5,8,16H2,1-3H3,(H,17,23,25). The lowest BCUT2D eigenvalue weighted by atomic mass is 10.3. The zero-order chi connectivity index (χ0) is 18.7. The Morgan fingerprint density at radius 3 is 2.60 bits per heavy atom. The molecule has 2 aromatic heterocycles. The van der Waals surface area contributed by atoms with Crippen LogP contribution in [0.5, 0.6) is 0 Å². The number of nitrogens with one attached hydrogen (secondary N) is 1. The van der Waals surface area contributed by atoms with Gasteiger partial charge >= 0.3 is 5.69 Å². The molecule has 1 amide bonds. The molecule has 0 unspecified atom stereocenters. The first-order valence-electron chi connectivity index (χ1n) is 7.73. The predicted molar refractivity (Wildman–Crippen MR) is 92.9 cm³/mol. The van der Waals surface area contributed by atoms with Crippen molar-refractivity contribution in [3.8, 4) is 0 Å². The normalized spacial score (nSPS) is 10.7. The SMILES string of the molecule is CCCCn1c(N)c(N(C)C(=O)c2ccc(=O)n(C)n2)c(=O)[nH]c1=O. The highest BCUT2D eigenvalue weighted by molar-refractivity contribution is 6.05. The monoisotopic (exact) mass is 348 g/mol. The van der Waals surface area contributed by atoms with E-state index in [1.54, 1.807) is 0 Å². The zero-order valence-corrected chi connectivity index (χ0v) is 14.3. The summed E-state index contributed by atoms with van der Waals surface area (Å²) in [6.45, 7) is 2.28. The molecule has 2 heterocycles. The van der Waals surface area contributed by atoms with E-state index in [4.69, 9.17) is 5.73 Å². The fraction of sp³-hybridized carbons (Fsp3) is 0.400. The Kier molecular flexibility index (Phi) is 5.20. The van der Waals surface area contributed by atoms with E-state index in [1.165, 1.54) is 30.8 Å². The number of hydrogen-bond donors (Lipinski definition) is 2. The maximum Gasteiger partial charge on any atom is 0.330 e. The second-order valence-corrected chi connectivity index (χ2v) is 5.54. The minimum absolute atomic E-state index is 0.0327. The van der Waals surface area contributed by atoms with Crippen LogP contribution in [-0.4, -0.2) is 32.3 Å². The molecule has 0 aliphatic heterocycles. The zero-order valence-electron chi connectivity index (χ0n) is 14.3. The number of H-pyrrole nitrogens is 1. The number of carbonyl (C=O) groups is 1. The second kappa shape index (κ2) is 7.16. The van der Waals surface area contributed by atoms with Crippen molar-refractivity contribution in [3.05, 3.63) is 49.0 Å². The van der Waals surface area contributed by atoms with Crippen molar-refractivity contribution in [1.29, 1.82) is 0 Å². The molecule has 0 aliphatic rings. The smallest absolute Gasteiger partial charge is 0.330 e. The predicted octanol–water partition coefficient (Wildman–Crippen LogP) is -0.711. The summed E-state index contributed by atoms with van der Waals surface area (Å²) in [5, 5.41) is 3.86. The molecule has 0 saturated heterocycles. The van der Waals surface area contributed by atoms with Gasteiger partial charge in [0.2, 0.25) is 0 Å². The lowest BCUT2D eigenvalue weighted by Crippen LogP contribution is -2.40. The van der Waals surface area contributed by atoms with Gasteiger partial charge < -0.3 is 10.6 Å². The summed E-state index contributed by atoms with van der Waals surface area (Å²) in [5.41, 5.74) is 4.03. The van der Waals surface area contributed by atoms with E-state index >= 15 is 0 Å². The van der Waals surface area contributed by atoms with Gasteiger partial charge in [-0.1, -0.05) is 13.3 Å². The van der Waals surface area contributed by atoms with Crippen LogP contribution in [0.15, 0.2) is 26.5 Å². The third-order valence-corrected chi connectivity index (χ3v) is 3.77. The van der Waals surface area contributed by atoms with E-state index in [1.807, 2.05) is 6.92 Å². The summed E-state index contributed by atoms with van der Waals surface area (Å²) in [6.07, 6.45) is 1.52. The number of aromatic nitrogens is 4. The van der Waals surface area contributed by atoms with Crippen LogP contribution in [-0.2, 0) is 13.6 Å². The second-order valence-electron chi connectivity index (χ2n) is 5.54. The molecule has 10 heteroatoms. The first kappa shape index (κ1) is 18.2. The average molecular weight is 348 g/mol. The minimum Gasteiger partial charge on any atom is -0.383 e. The van der Waals surface area contributed by atoms with Crippen LogP contribution in [0.4, 0.5) is 11.5 Å². The maximum absolute atomic E-state index is 12.6. The Balaban J connectivity index is 2.51. The molecule has 0 saturated carbocycles. The molecule has 3 N–H and O–H groups in total. The Hall–Kier alpha value is -3.17. The van der Waals surface area contributed by atoms with Crippen molar-refractivity contribution in [2.75, 3.05) is 17.7 Å². The quantitative estimate of drug-likeness (QED) is 0.732. The Morgan fingerprint density at radius 2 is 2.00 bits per heavy atom. The van der Waals surface area contributed by atoms with Crippen LogP contribution in [0.3, 0.4) is 0 Å². The third kappa shape index (κ3) is 3.52. The molecule has 25 heavy (non-hydrogen) atoms. The van der Waals surface area contributed by atoms with Gasteiger partial charge in [-0.15, -0.1) is 0 Å². The van der Waals surface area contributed by atoms with Crippen molar-refractivity contribution >= 4 is 17.4 Å². The first-order valence-corrected chi connectivity index (χ1v) is 7.73. The van der Waals surface area contributed by atoms with Crippen LogP contribution in [0.2, 0.25) is 0 Å². The number of hydrogen-bond acceptors (Lipinski definition) is 6. The van der Waals surface area contributed by atoms with Crippen molar-refractivity contribution in [2.24, 2.45) is 7.05 Å². The van der Waals surface area contributed by atoms with E-state index in [9.17, 15) is 19.2 Å². The summed E-state index contributed by atoms with van der Waals surface area (Å²) in [5.74, 6) is -0.726. The number of rotatable bonds is 5. The lowest BCUT2D eigenvalue weighted by molar-refractivity contribution is 0.0985. The Labute approximate surface area is 142 Å².